The molecule has 1 aliphatic heterocycles. The number of aliphatic hydroxyl groups excluding tert-OH is 1. The van der Waals surface area contributed by atoms with Gasteiger partial charge in [-0.15, -0.1) is 0 Å². The maximum atomic E-state index is 12.7. The second-order valence-corrected chi connectivity index (χ2v) is 7.88. The Morgan fingerprint density at radius 3 is 2.92 bits per heavy atom. The summed E-state index contributed by atoms with van der Waals surface area (Å²) in [7, 11) is 0. The molecule has 6 nitrogen and oxygen atoms in total. The Hall–Kier alpha value is -2.21. The maximum Gasteiger partial charge on any atom is 0.253 e. The highest BCUT2D eigenvalue weighted by molar-refractivity contribution is 5.95. The molecular weight excluding hydrogens is 318 g/mol. The standard InChI is InChI=1S/C19H25N3O3/c1-19(2,3)11-16-20-17(21-25-16)13-6-4-7-14(10-13)18(24)22-9-5-8-15(23)12-22/h4,6-7,10,15,23H,5,8-9,11-12H2,1-3H3. The molecule has 1 saturated heterocycles. The van der Waals surface area contributed by atoms with Crippen LogP contribution < -0.4 is 0 Å². The SMILES string of the molecule is CC(C)(C)Cc1nc(-c2cccc(C(=O)N3CCCC(O)C3)c2)no1. The Bertz CT molecular complexity index is 748. The van der Waals surface area contributed by atoms with E-state index in [0.29, 0.717) is 36.8 Å². The van der Waals surface area contributed by atoms with Gasteiger partial charge in [-0.2, -0.15) is 4.98 Å². The molecule has 3 rings (SSSR count). The zero-order chi connectivity index (χ0) is 18.0. The summed E-state index contributed by atoms with van der Waals surface area (Å²) in [6.07, 6.45) is 1.85. The highest BCUT2D eigenvalue weighted by Crippen LogP contribution is 2.23. The lowest BCUT2D eigenvalue weighted by Gasteiger charge is -2.30. The van der Waals surface area contributed by atoms with Gasteiger partial charge >= 0.3 is 0 Å². The largest absolute Gasteiger partial charge is 0.391 e. The molecule has 1 aromatic carbocycles. The lowest BCUT2D eigenvalue weighted by molar-refractivity contribution is 0.0474. The first-order valence-electron chi connectivity index (χ1n) is 8.72. The summed E-state index contributed by atoms with van der Waals surface area (Å²) in [5.41, 5.74) is 1.40. The fraction of sp³-hybridized carbons (Fsp3) is 0.526. The fourth-order valence-electron chi connectivity index (χ4n) is 3.01. The van der Waals surface area contributed by atoms with Crippen molar-refractivity contribution in [1.29, 1.82) is 0 Å². The highest BCUT2D eigenvalue weighted by atomic mass is 16.5. The number of rotatable bonds is 3. The molecule has 134 valence electrons. The van der Waals surface area contributed by atoms with E-state index < -0.39 is 6.10 Å². The van der Waals surface area contributed by atoms with Crippen LogP contribution in [0.15, 0.2) is 28.8 Å². The van der Waals surface area contributed by atoms with Crippen LogP contribution in [0.5, 0.6) is 0 Å². The van der Waals surface area contributed by atoms with Crippen LogP contribution >= 0.6 is 0 Å². The molecule has 1 fully saturated rings. The number of hydrogen-bond acceptors (Lipinski definition) is 5. The van der Waals surface area contributed by atoms with Crippen molar-refractivity contribution in [1.82, 2.24) is 15.0 Å². The average molecular weight is 343 g/mol. The van der Waals surface area contributed by atoms with Crippen molar-refractivity contribution in [3.8, 4) is 11.4 Å². The molecule has 0 radical (unpaired) electrons. The number of benzene rings is 1. The zero-order valence-corrected chi connectivity index (χ0v) is 15.0. The summed E-state index contributed by atoms with van der Waals surface area (Å²) in [6, 6.07) is 7.26. The van der Waals surface area contributed by atoms with Crippen molar-refractivity contribution < 1.29 is 14.4 Å². The van der Waals surface area contributed by atoms with Gasteiger partial charge in [0.25, 0.3) is 5.91 Å². The maximum absolute atomic E-state index is 12.7. The number of nitrogens with zero attached hydrogens (tertiary/aromatic N) is 3. The summed E-state index contributed by atoms with van der Waals surface area (Å²) in [6.45, 7) is 7.41. The average Bonchev–Trinajstić information content (AvgIpc) is 3.01. The van der Waals surface area contributed by atoms with E-state index in [-0.39, 0.29) is 11.3 Å². The predicted octanol–water partition coefficient (Wildman–Crippen LogP) is 2.92. The van der Waals surface area contributed by atoms with Gasteiger partial charge in [-0.25, -0.2) is 0 Å². The van der Waals surface area contributed by atoms with Gasteiger partial charge in [-0.3, -0.25) is 4.79 Å². The molecule has 0 bridgehead atoms. The fourth-order valence-corrected chi connectivity index (χ4v) is 3.01. The number of likely N-dealkylation sites (tertiary alicyclic amines) is 1. The van der Waals surface area contributed by atoms with Crippen molar-refractivity contribution >= 4 is 5.91 Å². The molecule has 1 aliphatic rings. The Balaban J connectivity index is 1.78. The van der Waals surface area contributed by atoms with E-state index in [1.165, 1.54) is 0 Å². The molecule has 0 spiro atoms. The quantitative estimate of drug-likeness (QED) is 0.927. The monoisotopic (exact) mass is 343 g/mol. The molecule has 1 atom stereocenters. The van der Waals surface area contributed by atoms with E-state index in [9.17, 15) is 9.90 Å². The third-order valence-electron chi connectivity index (χ3n) is 4.20. The third kappa shape index (κ3) is 4.45. The lowest BCUT2D eigenvalue weighted by Crippen LogP contribution is -2.42. The van der Waals surface area contributed by atoms with Crippen LogP contribution in [0.1, 0.15) is 49.9 Å². The van der Waals surface area contributed by atoms with Crippen LogP contribution in [-0.4, -0.2) is 45.2 Å². The normalized spacial score (nSPS) is 18.4. The van der Waals surface area contributed by atoms with Gasteiger partial charge in [-0.1, -0.05) is 38.1 Å². The van der Waals surface area contributed by atoms with E-state index in [1.54, 1.807) is 17.0 Å². The van der Waals surface area contributed by atoms with E-state index in [2.05, 4.69) is 30.9 Å². The minimum absolute atomic E-state index is 0.0662. The van der Waals surface area contributed by atoms with Crippen LogP contribution in [0.4, 0.5) is 0 Å². The molecule has 25 heavy (non-hydrogen) atoms. The van der Waals surface area contributed by atoms with E-state index in [4.69, 9.17) is 4.52 Å². The highest BCUT2D eigenvalue weighted by Gasteiger charge is 2.23. The molecule has 2 aromatic rings. The van der Waals surface area contributed by atoms with Gasteiger partial charge < -0.3 is 14.5 Å². The Morgan fingerprint density at radius 2 is 2.20 bits per heavy atom. The third-order valence-corrected chi connectivity index (χ3v) is 4.20. The Kier molecular flexibility index (Phi) is 4.90. The van der Waals surface area contributed by atoms with Gasteiger partial charge in [0.1, 0.15) is 0 Å². The summed E-state index contributed by atoms with van der Waals surface area (Å²) >= 11 is 0. The van der Waals surface area contributed by atoms with Crippen LogP contribution in [0, 0.1) is 5.41 Å². The van der Waals surface area contributed by atoms with Crippen LogP contribution in [-0.2, 0) is 6.42 Å². The molecule has 1 amide bonds. The number of aliphatic hydroxyl groups is 1. The number of piperidine rings is 1. The summed E-state index contributed by atoms with van der Waals surface area (Å²) < 4.78 is 5.34. The van der Waals surface area contributed by atoms with Gasteiger partial charge in [0.05, 0.1) is 6.10 Å². The predicted molar refractivity (Wildman–Crippen MR) is 94.0 cm³/mol. The second-order valence-electron chi connectivity index (χ2n) is 7.88. The number of carbonyl (C=O) groups is 1. The van der Waals surface area contributed by atoms with Crippen molar-refractivity contribution in [3.05, 3.63) is 35.7 Å². The number of amides is 1. The second kappa shape index (κ2) is 6.96. The van der Waals surface area contributed by atoms with Gasteiger partial charge in [-0.05, 0) is 30.4 Å². The van der Waals surface area contributed by atoms with Crippen molar-refractivity contribution in [2.45, 2.75) is 46.1 Å². The van der Waals surface area contributed by atoms with E-state index in [0.717, 1.165) is 18.4 Å². The lowest BCUT2D eigenvalue weighted by atomic mass is 9.92. The van der Waals surface area contributed by atoms with Gasteiger partial charge in [0.2, 0.25) is 11.7 Å². The number of aromatic nitrogens is 2. The molecule has 6 heteroatoms. The van der Waals surface area contributed by atoms with Crippen LogP contribution in [0.3, 0.4) is 0 Å². The van der Waals surface area contributed by atoms with Crippen LogP contribution in [0.25, 0.3) is 11.4 Å². The first-order chi connectivity index (χ1) is 11.8. The first kappa shape index (κ1) is 17.6. The van der Waals surface area contributed by atoms with Crippen molar-refractivity contribution in [2.75, 3.05) is 13.1 Å². The van der Waals surface area contributed by atoms with Gasteiger partial charge in [0, 0.05) is 30.6 Å². The number of β-amino-alcohol motifs (C(OH)–C–C–N with tert-alkyl or cyclic N) is 1. The number of carbonyl (C=O) groups excluding carboxylic acids is 1. The molecule has 1 N–H and O–H groups in total. The minimum atomic E-state index is -0.432. The molecule has 1 aromatic heterocycles. The topological polar surface area (TPSA) is 79.5 Å². The smallest absolute Gasteiger partial charge is 0.253 e. The van der Waals surface area contributed by atoms with Crippen molar-refractivity contribution in [2.24, 2.45) is 5.41 Å². The Labute approximate surface area is 147 Å². The number of hydrogen-bond donors (Lipinski definition) is 1. The summed E-state index contributed by atoms with van der Waals surface area (Å²) in [5, 5.41) is 13.8. The molecule has 0 saturated carbocycles. The van der Waals surface area contributed by atoms with Gasteiger partial charge in [0.15, 0.2) is 0 Å². The molecule has 0 aliphatic carbocycles. The van der Waals surface area contributed by atoms with Crippen LogP contribution in [0.2, 0.25) is 0 Å². The first-order valence-corrected chi connectivity index (χ1v) is 8.72. The summed E-state index contributed by atoms with van der Waals surface area (Å²) in [4.78, 5) is 18.8. The van der Waals surface area contributed by atoms with E-state index >= 15 is 0 Å². The van der Waals surface area contributed by atoms with Crippen molar-refractivity contribution in [3.63, 3.8) is 0 Å². The summed E-state index contributed by atoms with van der Waals surface area (Å²) in [5.74, 6) is 1.02. The Morgan fingerprint density at radius 1 is 1.40 bits per heavy atom. The molecular formula is C19H25N3O3. The molecule has 2 heterocycles. The minimum Gasteiger partial charge on any atom is -0.391 e. The van der Waals surface area contributed by atoms with E-state index in [1.807, 2.05) is 12.1 Å². The zero-order valence-electron chi connectivity index (χ0n) is 15.0. The molecule has 1 unspecified atom stereocenters.